The molecular formula is C25H31N3O3. The number of hydrogen-bond acceptors (Lipinski definition) is 3. The molecule has 2 amide bonds. The summed E-state index contributed by atoms with van der Waals surface area (Å²) in [4.78, 5) is 39.0. The molecule has 31 heavy (non-hydrogen) atoms. The molecule has 1 N–H and O–H groups in total. The number of anilines is 1. The van der Waals surface area contributed by atoms with Crippen LogP contribution in [0, 0.1) is 0 Å². The molecular weight excluding hydrogens is 390 g/mol. The van der Waals surface area contributed by atoms with Crippen molar-refractivity contribution in [2.75, 3.05) is 5.32 Å². The summed E-state index contributed by atoms with van der Waals surface area (Å²) in [7, 11) is 1.78. The van der Waals surface area contributed by atoms with Gasteiger partial charge in [0, 0.05) is 50.4 Å². The van der Waals surface area contributed by atoms with Gasteiger partial charge in [-0.2, -0.15) is 0 Å². The van der Waals surface area contributed by atoms with Crippen LogP contribution in [-0.4, -0.2) is 27.3 Å². The zero-order valence-corrected chi connectivity index (χ0v) is 18.7. The van der Waals surface area contributed by atoms with Crippen LogP contribution in [0.4, 0.5) is 5.69 Å². The molecule has 6 heteroatoms. The van der Waals surface area contributed by atoms with Crippen LogP contribution in [0.1, 0.15) is 62.6 Å². The highest BCUT2D eigenvalue weighted by Gasteiger charge is 2.27. The van der Waals surface area contributed by atoms with Gasteiger partial charge in [-0.05, 0) is 66.1 Å². The van der Waals surface area contributed by atoms with E-state index < -0.39 is 0 Å². The van der Waals surface area contributed by atoms with Gasteiger partial charge in [0.15, 0.2) is 0 Å². The van der Waals surface area contributed by atoms with Crippen molar-refractivity contribution in [2.45, 2.75) is 71.4 Å². The van der Waals surface area contributed by atoms with E-state index in [-0.39, 0.29) is 23.4 Å². The van der Waals surface area contributed by atoms with Crippen LogP contribution in [-0.2, 0) is 36.0 Å². The lowest BCUT2D eigenvalue weighted by atomic mass is 9.92. The summed E-state index contributed by atoms with van der Waals surface area (Å²) in [6, 6.07) is 6.43. The van der Waals surface area contributed by atoms with Crippen LogP contribution in [0.2, 0.25) is 0 Å². The van der Waals surface area contributed by atoms with Gasteiger partial charge in [-0.3, -0.25) is 14.4 Å². The van der Waals surface area contributed by atoms with Gasteiger partial charge in [0.1, 0.15) is 0 Å². The fourth-order valence-corrected chi connectivity index (χ4v) is 4.96. The number of carbonyl (C=O) groups excluding carboxylic acids is 2. The summed E-state index contributed by atoms with van der Waals surface area (Å²) in [6.07, 6.45) is 8.06. The van der Waals surface area contributed by atoms with Gasteiger partial charge in [-0.1, -0.05) is 19.8 Å². The third kappa shape index (κ3) is 4.29. The number of hydrogen-bond donors (Lipinski definition) is 1. The number of pyridine rings is 1. The van der Waals surface area contributed by atoms with E-state index in [9.17, 15) is 14.4 Å². The number of carbonyl (C=O) groups is 2. The van der Waals surface area contributed by atoms with E-state index in [0.29, 0.717) is 25.8 Å². The molecule has 0 radical (unpaired) electrons. The Morgan fingerprint density at radius 1 is 1.10 bits per heavy atom. The smallest absolute Gasteiger partial charge is 0.253 e. The first kappa shape index (κ1) is 21.3. The zero-order chi connectivity index (χ0) is 22.1. The van der Waals surface area contributed by atoms with Crippen LogP contribution in [0.5, 0.6) is 0 Å². The number of fused-ring (bicyclic) bond motifs is 1. The van der Waals surface area contributed by atoms with E-state index in [1.807, 2.05) is 24.1 Å². The van der Waals surface area contributed by atoms with Crippen molar-refractivity contribution in [3.8, 4) is 11.1 Å². The normalized spacial score (nSPS) is 16.2. The molecule has 0 unspecified atom stereocenters. The Bertz CT molecular complexity index is 1080. The Morgan fingerprint density at radius 2 is 1.81 bits per heavy atom. The van der Waals surface area contributed by atoms with Crippen LogP contribution in [0.25, 0.3) is 11.1 Å². The van der Waals surface area contributed by atoms with Gasteiger partial charge in [0.2, 0.25) is 11.8 Å². The van der Waals surface area contributed by atoms with Crippen LogP contribution >= 0.6 is 0 Å². The van der Waals surface area contributed by atoms with Crippen molar-refractivity contribution in [1.82, 2.24) is 9.47 Å². The molecule has 4 rings (SSSR count). The second kappa shape index (κ2) is 8.69. The molecule has 0 bridgehead atoms. The van der Waals surface area contributed by atoms with Crippen molar-refractivity contribution in [3.05, 3.63) is 51.4 Å². The first-order valence-electron chi connectivity index (χ1n) is 11.3. The van der Waals surface area contributed by atoms with E-state index in [0.717, 1.165) is 59.2 Å². The molecule has 1 saturated carbocycles. The summed E-state index contributed by atoms with van der Waals surface area (Å²) in [5.41, 5.74) is 5.72. The van der Waals surface area contributed by atoms with E-state index in [4.69, 9.17) is 0 Å². The van der Waals surface area contributed by atoms with Gasteiger partial charge in [0.25, 0.3) is 5.56 Å². The van der Waals surface area contributed by atoms with Gasteiger partial charge < -0.3 is 14.8 Å². The minimum Gasteiger partial charge on any atom is -0.336 e. The third-order valence-electron chi connectivity index (χ3n) is 6.67. The van der Waals surface area contributed by atoms with Crippen molar-refractivity contribution in [2.24, 2.45) is 7.05 Å². The van der Waals surface area contributed by atoms with Gasteiger partial charge >= 0.3 is 0 Å². The summed E-state index contributed by atoms with van der Waals surface area (Å²) < 4.78 is 1.63. The highest BCUT2D eigenvalue weighted by molar-refractivity contribution is 5.95. The van der Waals surface area contributed by atoms with Gasteiger partial charge in [-0.25, -0.2) is 0 Å². The third-order valence-corrected chi connectivity index (χ3v) is 6.67. The van der Waals surface area contributed by atoms with Gasteiger partial charge in [-0.15, -0.1) is 0 Å². The largest absolute Gasteiger partial charge is 0.336 e. The maximum absolute atomic E-state index is 12.5. The van der Waals surface area contributed by atoms with Crippen LogP contribution in [0.3, 0.4) is 0 Å². The van der Waals surface area contributed by atoms with E-state index in [2.05, 4.69) is 17.4 Å². The molecule has 2 heterocycles. The first-order chi connectivity index (χ1) is 14.9. The molecule has 1 aliphatic carbocycles. The number of amides is 2. The predicted molar refractivity (Wildman–Crippen MR) is 122 cm³/mol. The number of benzene rings is 1. The fraction of sp³-hybridized carbons (Fsp3) is 0.480. The molecule has 1 aromatic heterocycles. The topological polar surface area (TPSA) is 71.4 Å². The highest BCUT2D eigenvalue weighted by Crippen LogP contribution is 2.35. The molecule has 0 spiro atoms. The number of aryl methyl sites for hydroxylation is 3. The molecule has 6 nitrogen and oxygen atoms in total. The van der Waals surface area contributed by atoms with Crippen LogP contribution in [0.15, 0.2) is 29.2 Å². The number of aromatic nitrogens is 1. The van der Waals surface area contributed by atoms with Crippen molar-refractivity contribution < 1.29 is 9.59 Å². The van der Waals surface area contributed by atoms with Crippen molar-refractivity contribution in [3.63, 3.8) is 0 Å². The lowest BCUT2D eigenvalue weighted by Crippen LogP contribution is -2.37. The van der Waals surface area contributed by atoms with E-state index in [1.165, 1.54) is 0 Å². The molecule has 1 aromatic carbocycles. The highest BCUT2D eigenvalue weighted by atomic mass is 16.2. The Morgan fingerprint density at radius 3 is 2.48 bits per heavy atom. The minimum absolute atomic E-state index is 0.0205. The Hall–Kier alpha value is -2.89. The van der Waals surface area contributed by atoms with Crippen molar-refractivity contribution >= 4 is 17.5 Å². The first-order valence-corrected chi connectivity index (χ1v) is 11.3. The van der Waals surface area contributed by atoms with Crippen molar-refractivity contribution in [1.29, 1.82) is 0 Å². The quantitative estimate of drug-likeness (QED) is 0.798. The Kier molecular flexibility index (Phi) is 5.99. The maximum Gasteiger partial charge on any atom is 0.253 e. The average Bonchev–Trinajstić information content (AvgIpc) is 3.27. The Labute approximate surface area is 183 Å². The zero-order valence-electron chi connectivity index (χ0n) is 18.7. The molecule has 164 valence electrons. The number of nitrogens with one attached hydrogen (secondary N) is 1. The van der Waals surface area contributed by atoms with Gasteiger partial charge in [0.05, 0.1) is 0 Å². The minimum atomic E-state index is 0.0205. The predicted octanol–water partition coefficient (Wildman–Crippen LogP) is 3.79. The maximum atomic E-state index is 12.5. The summed E-state index contributed by atoms with van der Waals surface area (Å²) in [5, 5.41) is 3.05. The summed E-state index contributed by atoms with van der Waals surface area (Å²) in [6.45, 7) is 4.11. The van der Waals surface area contributed by atoms with Crippen LogP contribution < -0.4 is 10.9 Å². The second-order valence-electron chi connectivity index (χ2n) is 8.83. The fourth-order valence-electron chi connectivity index (χ4n) is 4.96. The standard InChI is InChI=1S/C25H31N3O3/c1-4-17-11-20(14-27(3)25(17)31)19-12-18-9-10-23(30)26-24(18)21(13-19)15-28(16(2)29)22-7-5-6-8-22/h11-14,22H,4-10,15H2,1-3H3,(H,26,30). The number of rotatable bonds is 5. The second-order valence-corrected chi connectivity index (χ2v) is 8.83. The monoisotopic (exact) mass is 421 g/mol. The average molecular weight is 422 g/mol. The molecule has 1 aliphatic heterocycles. The van der Waals surface area contributed by atoms with E-state index in [1.54, 1.807) is 18.5 Å². The molecule has 2 aromatic rings. The number of nitrogens with zero attached hydrogens (tertiary/aromatic N) is 2. The lowest BCUT2D eigenvalue weighted by molar-refractivity contribution is -0.131. The molecule has 0 atom stereocenters. The lowest BCUT2D eigenvalue weighted by Gasteiger charge is -2.30. The van der Waals surface area contributed by atoms with E-state index >= 15 is 0 Å². The molecule has 1 fully saturated rings. The summed E-state index contributed by atoms with van der Waals surface area (Å²) in [5.74, 6) is 0.0932. The molecule has 2 aliphatic rings. The molecule has 0 saturated heterocycles. The SMILES string of the molecule is CCc1cc(-c2cc3c(c(CN(C(C)=O)C4CCCC4)c2)NC(=O)CC3)cn(C)c1=O. The summed E-state index contributed by atoms with van der Waals surface area (Å²) >= 11 is 0. The Balaban J connectivity index is 1.80.